The van der Waals surface area contributed by atoms with Crippen molar-refractivity contribution in [1.29, 1.82) is 5.26 Å². The molecule has 8 heteroatoms. The minimum atomic E-state index is -0.598. The van der Waals surface area contributed by atoms with Crippen molar-refractivity contribution in [2.24, 2.45) is 5.73 Å². The highest BCUT2D eigenvalue weighted by molar-refractivity contribution is 5.99. The quantitative estimate of drug-likeness (QED) is 0.344. The molecule has 2 saturated heterocycles. The molecule has 2 aliphatic heterocycles. The number of halogens is 1. The van der Waals surface area contributed by atoms with E-state index >= 15 is 0 Å². The van der Waals surface area contributed by atoms with Crippen molar-refractivity contribution >= 4 is 23.0 Å². The fourth-order valence-electron chi connectivity index (χ4n) is 5.31. The van der Waals surface area contributed by atoms with Crippen molar-refractivity contribution in [3.63, 3.8) is 0 Å². The summed E-state index contributed by atoms with van der Waals surface area (Å²) in [7, 11) is 3.67. The Morgan fingerprint density at radius 2 is 1.80 bits per heavy atom. The molecule has 2 aromatic carbocycles. The highest BCUT2D eigenvalue weighted by Gasteiger charge is 2.24. The van der Waals surface area contributed by atoms with Crippen LogP contribution in [0.1, 0.15) is 57.6 Å². The second-order valence-corrected chi connectivity index (χ2v) is 10.2. The second kappa shape index (κ2) is 15.4. The molecule has 2 aromatic rings. The van der Waals surface area contributed by atoms with E-state index in [1.807, 2.05) is 50.9 Å². The first-order valence-corrected chi connectivity index (χ1v) is 14.6. The molecule has 2 fully saturated rings. The largest absolute Gasteiger partial charge is 0.381 e. The summed E-state index contributed by atoms with van der Waals surface area (Å²) in [5.41, 5.74) is 9.87. The van der Waals surface area contributed by atoms with Gasteiger partial charge in [0.05, 0.1) is 11.7 Å². The number of carbonyl (C=O) groups excluding carboxylic acids is 1. The Labute approximate surface area is 244 Å². The summed E-state index contributed by atoms with van der Waals surface area (Å²) >= 11 is 0. The molecule has 0 bridgehead atoms. The molecule has 4 rings (SSSR count). The summed E-state index contributed by atoms with van der Waals surface area (Å²) in [5.74, 6) is -0.693. The SMILES string of the molecule is C/C=C(\C=C(\c1ccc(C#N)c(F)c1)N(C)c1ccc(N2CCC(OC)CC2)cc1)C(=O)N1CCCC(N)C1.CC. The van der Waals surface area contributed by atoms with Gasteiger partial charge in [-0.2, -0.15) is 5.26 Å². The van der Waals surface area contributed by atoms with Gasteiger partial charge in [0.2, 0.25) is 0 Å². The molecule has 1 amide bonds. The summed E-state index contributed by atoms with van der Waals surface area (Å²) in [6, 6.07) is 14.6. The first-order valence-electron chi connectivity index (χ1n) is 14.6. The molecule has 0 aromatic heterocycles. The van der Waals surface area contributed by atoms with E-state index in [-0.39, 0.29) is 17.5 Å². The van der Waals surface area contributed by atoms with Gasteiger partial charge < -0.3 is 25.2 Å². The number of anilines is 2. The summed E-state index contributed by atoms with van der Waals surface area (Å²) in [6.07, 6.45) is 7.67. The molecular formula is C33H44FN5O2. The first kappa shape index (κ1) is 31.9. The molecule has 2 N–H and O–H groups in total. The standard InChI is InChI=1S/C31H38FN5O2.C2H6/c1-4-22(31(38)37-15-5-6-25(34)21-37)19-30(23-7-8-24(20-33)29(32)18-23)35(2)26-9-11-27(12-10-26)36-16-13-28(39-3)14-17-36;1-2/h4,7-12,18-19,25,28H,5-6,13-17,21,34H2,1-3H3;1-2H3/b22-4+,30-19-;. The van der Waals surface area contributed by atoms with E-state index in [2.05, 4.69) is 17.0 Å². The molecule has 1 atom stereocenters. The Morgan fingerprint density at radius 1 is 1.12 bits per heavy atom. The average molecular weight is 562 g/mol. The lowest BCUT2D eigenvalue weighted by atomic mass is 10.0. The van der Waals surface area contributed by atoms with E-state index in [0.29, 0.717) is 36.0 Å². The lowest BCUT2D eigenvalue weighted by Gasteiger charge is -2.33. The Kier molecular flexibility index (Phi) is 11.9. The zero-order valence-corrected chi connectivity index (χ0v) is 25.1. The molecule has 2 heterocycles. The van der Waals surface area contributed by atoms with Gasteiger partial charge >= 0.3 is 0 Å². The fourth-order valence-corrected chi connectivity index (χ4v) is 5.31. The van der Waals surface area contributed by atoms with Crippen molar-refractivity contribution in [3.8, 4) is 6.07 Å². The predicted molar refractivity (Wildman–Crippen MR) is 165 cm³/mol. The maximum absolute atomic E-state index is 14.7. The van der Waals surface area contributed by atoms with E-state index in [1.54, 1.807) is 30.2 Å². The summed E-state index contributed by atoms with van der Waals surface area (Å²) < 4.78 is 20.2. The lowest BCUT2D eigenvalue weighted by Crippen LogP contribution is -2.46. The molecule has 220 valence electrons. The number of carbonyl (C=O) groups is 1. The Morgan fingerprint density at radius 3 is 2.37 bits per heavy atom. The topological polar surface area (TPSA) is 85.8 Å². The third kappa shape index (κ3) is 7.96. The van der Waals surface area contributed by atoms with Crippen molar-refractivity contribution in [1.82, 2.24) is 4.90 Å². The number of nitrogens with zero attached hydrogens (tertiary/aromatic N) is 4. The summed E-state index contributed by atoms with van der Waals surface area (Å²) in [5, 5.41) is 9.22. The minimum Gasteiger partial charge on any atom is -0.381 e. The Bertz CT molecular complexity index is 1260. The lowest BCUT2D eigenvalue weighted by molar-refractivity contribution is -0.127. The monoisotopic (exact) mass is 561 g/mol. The van der Waals surface area contributed by atoms with Crippen LogP contribution >= 0.6 is 0 Å². The van der Waals surface area contributed by atoms with Gasteiger partial charge in [0.1, 0.15) is 11.9 Å². The van der Waals surface area contributed by atoms with Gasteiger partial charge in [-0.3, -0.25) is 4.79 Å². The van der Waals surface area contributed by atoms with E-state index in [0.717, 1.165) is 50.1 Å². The number of ether oxygens (including phenoxy) is 1. The highest BCUT2D eigenvalue weighted by Crippen LogP contribution is 2.30. The van der Waals surface area contributed by atoms with Crippen LogP contribution in [0.5, 0.6) is 0 Å². The molecule has 1 unspecified atom stereocenters. The maximum atomic E-state index is 14.7. The van der Waals surface area contributed by atoms with Gasteiger partial charge in [-0.1, -0.05) is 26.0 Å². The molecule has 41 heavy (non-hydrogen) atoms. The number of methoxy groups -OCH3 is 1. The van der Waals surface area contributed by atoms with Crippen LogP contribution in [-0.4, -0.2) is 63.3 Å². The van der Waals surface area contributed by atoms with E-state index < -0.39 is 5.82 Å². The Hall–Kier alpha value is -3.67. The van der Waals surface area contributed by atoms with Crippen LogP contribution in [0.15, 0.2) is 60.2 Å². The number of amides is 1. The number of piperidine rings is 2. The van der Waals surface area contributed by atoms with Gasteiger partial charge in [-0.15, -0.1) is 0 Å². The first-order chi connectivity index (χ1) is 19.8. The molecule has 0 saturated carbocycles. The summed E-state index contributed by atoms with van der Waals surface area (Å²) in [4.78, 5) is 19.5. The van der Waals surface area contributed by atoms with Crippen LogP contribution in [0.3, 0.4) is 0 Å². The minimum absolute atomic E-state index is 0.0213. The fraction of sp³-hybridized carbons (Fsp3) is 0.455. The zero-order chi connectivity index (χ0) is 29.9. The number of likely N-dealkylation sites (tertiary alicyclic amines) is 1. The van der Waals surface area contributed by atoms with Gasteiger partial charge in [-0.05, 0) is 75.1 Å². The number of hydrogen-bond donors (Lipinski definition) is 1. The maximum Gasteiger partial charge on any atom is 0.253 e. The van der Waals surface area contributed by atoms with Gasteiger partial charge in [0.25, 0.3) is 5.91 Å². The summed E-state index contributed by atoms with van der Waals surface area (Å²) in [6.45, 7) is 8.89. The molecule has 2 aliphatic rings. The van der Waals surface area contributed by atoms with E-state index in [9.17, 15) is 14.4 Å². The van der Waals surface area contributed by atoms with Crippen LogP contribution in [0.2, 0.25) is 0 Å². The number of allylic oxidation sites excluding steroid dienone is 1. The van der Waals surface area contributed by atoms with Gasteiger partial charge in [0.15, 0.2) is 0 Å². The van der Waals surface area contributed by atoms with Crippen molar-refractivity contribution in [2.75, 3.05) is 50.1 Å². The number of nitrogens with two attached hydrogens (primary N) is 1. The van der Waals surface area contributed by atoms with Crippen LogP contribution in [0.4, 0.5) is 15.8 Å². The average Bonchev–Trinajstić information content (AvgIpc) is 3.02. The normalized spacial score (nSPS) is 18.3. The number of rotatable bonds is 7. The molecule has 0 aliphatic carbocycles. The molecular weight excluding hydrogens is 517 g/mol. The van der Waals surface area contributed by atoms with E-state index in [1.165, 1.54) is 12.1 Å². The zero-order valence-electron chi connectivity index (χ0n) is 25.1. The smallest absolute Gasteiger partial charge is 0.253 e. The predicted octanol–water partition coefficient (Wildman–Crippen LogP) is 5.71. The van der Waals surface area contributed by atoms with Crippen molar-refractivity contribution in [3.05, 3.63) is 77.1 Å². The number of nitriles is 1. The molecule has 0 spiro atoms. The number of hydrogen-bond acceptors (Lipinski definition) is 6. The van der Waals surface area contributed by atoms with Crippen LogP contribution in [-0.2, 0) is 9.53 Å². The second-order valence-electron chi connectivity index (χ2n) is 10.2. The van der Waals surface area contributed by atoms with E-state index in [4.69, 9.17) is 10.5 Å². The highest BCUT2D eigenvalue weighted by atomic mass is 19.1. The number of benzene rings is 2. The van der Waals surface area contributed by atoms with Crippen LogP contribution in [0.25, 0.3) is 5.70 Å². The third-order valence-electron chi connectivity index (χ3n) is 7.72. The third-order valence-corrected chi connectivity index (χ3v) is 7.72. The molecule has 0 radical (unpaired) electrons. The van der Waals surface area contributed by atoms with Crippen molar-refractivity contribution in [2.45, 2.75) is 58.6 Å². The molecule has 7 nitrogen and oxygen atoms in total. The van der Waals surface area contributed by atoms with Gasteiger partial charge in [0, 0.05) is 74.6 Å². The van der Waals surface area contributed by atoms with Crippen LogP contribution < -0.4 is 15.5 Å². The Balaban J connectivity index is 0.00000226. The van der Waals surface area contributed by atoms with Gasteiger partial charge in [-0.25, -0.2) is 4.39 Å². The van der Waals surface area contributed by atoms with Crippen LogP contribution in [0, 0.1) is 17.1 Å². The van der Waals surface area contributed by atoms with Crippen molar-refractivity contribution < 1.29 is 13.9 Å².